The lowest BCUT2D eigenvalue weighted by molar-refractivity contribution is -0.118. The summed E-state index contributed by atoms with van der Waals surface area (Å²) < 4.78 is 4.94. The molecule has 1 aliphatic rings. The van der Waals surface area contributed by atoms with Crippen LogP contribution in [-0.4, -0.2) is 34.5 Å². The molecule has 2 N–H and O–H groups in total. The van der Waals surface area contributed by atoms with Crippen LogP contribution in [0.3, 0.4) is 0 Å². The Labute approximate surface area is 176 Å². The zero-order valence-corrected chi connectivity index (χ0v) is 17.9. The lowest BCUT2D eigenvalue weighted by atomic mass is 9.69. The SMILES string of the molecule is Cc1cc(NC(=O)[C@H](C)SCC(=O)NCC2(c3ccccc3)CCCCC2)no1. The van der Waals surface area contributed by atoms with E-state index in [2.05, 4.69) is 40.1 Å². The summed E-state index contributed by atoms with van der Waals surface area (Å²) in [6, 6.07) is 12.2. The van der Waals surface area contributed by atoms with Gasteiger partial charge < -0.3 is 15.2 Å². The molecule has 29 heavy (non-hydrogen) atoms. The van der Waals surface area contributed by atoms with Gasteiger partial charge in [-0.2, -0.15) is 0 Å². The molecule has 0 bridgehead atoms. The van der Waals surface area contributed by atoms with Crippen molar-refractivity contribution in [3.63, 3.8) is 0 Å². The van der Waals surface area contributed by atoms with Crippen LogP contribution in [0.15, 0.2) is 40.9 Å². The van der Waals surface area contributed by atoms with E-state index in [-0.39, 0.29) is 28.2 Å². The Balaban J connectivity index is 1.48. The Kier molecular flexibility index (Phi) is 7.36. The van der Waals surface area contributed by atoms with Crippen LogP contribution in [0.4, 0.5) is 5.82 Å². The van der Waals surface area contributed by atoms with Gasteiger partial charge in [-0.3, -0.25) is 9.59 Å². The van der Waals surface area contributed by atoms with Gasteiger partial charge in [-0.15, -0.1) is 11.8 Å². The van der Waals surface area contributed by atoms with Gasteiger partial charge in [0.25, 0.3) is 0 Å². The zero-order chi connectivity index (χ0) is 20.7. The van der Waals surface area contributed by atoms with E-state index in [1.165, 1.54) is 36.6 Å². The fourth-order valence-corrected chi connectivity index (χ4v) is 4.55. The van der Waals surface area contributed by atoms with Crippen molar-refractivity contribution in [1.29, 1.82) is 0 Å². The van der Waals surface area contributed by atoms with Crippen LogP contribution in [0.2, 0.25) is 0 Å². The third-order valence-electron chi connectivity index (χ3n) is 5.53. The maximum Gasteiger partial charge on any atom is 0.238 e. The number of hydrogen-bond acceptors (Lipinski definition) is 5. The number of carbonyl (C=O) groups excluding carboxylic acids is 2. The normalized spacial score (nSPS) is 16.8. The Morgan fingerprint density at radius 1 is 1.21 bits per heavy atom. The molecule has 0 unspecified atom stereocenters. The number of benzene rings is 1. The van der Waals surface area contributed by atoms with E-state index in [1.807, 2.05) is 6.07 Å². The number of aromatic nitrogens is 1. The predicted octanol–water partition coefficient (Wildman–Crippen LogP) is 4.06. The maximum atomic E-state index is 12.5. The molecule has 0 spiro atoms. The van der Waals surface area contributed by atoms with Crippen LogP contribution < -0.4 is 10.6 Å². The number of carbonyl (C=O) groups is 2. The molecule has 0 saturated heterocycles. The Morgan fingerprint density at radius 2 is 1.93 bits per heavy atom. The Morgan fingerprint density at radius 3 is 2.59 bits per heavy atom. The smallest absolute Gasteiger partial charge is 0.238 e. The average Bonchev–Trinajstić information content (AvgIpc) is 3.16. The molecule has 6 nitrogen and oxygen atoms in total. The van der Waals surface area contributed by atoms with Crippen LogP contribution in [0, 0.1) is 6.92 Å². The Bertz CT molecular complexity index is 816. The molecule has 0 radical (unpaired) electrons. The first kappa shape index (κ1) is 21.4. The summed E-state index contributed by atoms with van der Waals surface area (Å²) in [6.45, 7) is 4.20. The van der Waals surface area contributed by atoms with E-state index in [4.69, 9.17) is 4.52 Å². The summed E-state index contributed by atoms with van der Waals surface area (Å²) in [5.74, 6) is 1.05. The highest BCUT2D eigenvalue weighted by Crippen LogP contribution is 2.38. The van der Waals surface area contributed by atoms with Crippen molar-refractivity contribution in [3.05, 3.63) is 47.7 Å². The highest BCUT2D eigenvalue weighted by molar-refractivity contribution is 8.01. The maximum absolute atomic E-state index is 12.5. The molecule has 3 rings (SSSR count). The molecular formula is C22H29N3O3S. The number of anilines is 1. The molecule has 1 aliphatic carbocycles. The topological polar surface area (TPSA) is 84.2 Å². The first-order chi connectivity index (χ1) is 14.0. The molecular weight excluding hydrogens is 386 g/mol. The van der Waals surface area contributed by atoms with Crippen LogP contribution in [0.25, 0.3) is 0 Å². The van der Waals surface area contributed by atoms with Gasteiger partial charge in [0.05, 0.1) is 11.0 Å². The molecule has 1 aromatic carbocycles. The van der Waals surface area contributed by atoms with Gasteiger partial charge in [0.1, 0.15) is 5.76 Å². The van der Waals surface area contributed by atoms with Crippen molar-refractivity contribution in [1.82, 2.24) is 10.5 Å². The summed E-state index contributed by atoms with van der Waals surface area (Å²) in [5, 5.41) is 9.21. The van der Waals surface area contributed by atoms with E-state index in [0.717, 1.165) is 12.8 Å². The largest absolute Gasteiger partial charge is 0.360 e. The Hall–Kier alpha value is -2.28. The number of amides is 2. The standard InChI is InChI=1S/C22H29N3O3S/c1-16-13-19(25-28-16)24-21(27)17(2)29-14-20(26)23-15-22(11-7-4-8-12-22)18-9-5-3-6-10-18/h3,5-6,9-10,13,17H,4,7-8,11-12,14-15H2,1-2H3,(H,23,26)(H,24,25,27)/t17-/m0/s1. The summed E-state index contributed by atoms with van der Waals surface area (Å²) in [4.78, 5) is 24.7. The number of nitrogens with one attached hydrogen (secondary N) is 2. The molecule has 1 atom stereocenters. The third-order valence-corrected chi connectivity index (χ3v) is 6.68. The van der Waals surface area contributed by atoms with Crippen LogP contribution in [-0.2, 0) is 15.0 Å². The summed E-state index contributed by atoms with van der Waals surface area (Å²) in [7, 11) is 0. The van der Waals surface area contributed by atoms with Crippen LogP contribution >= 0.6 is 11.8 Å². The predicted molar refractivity (Wildman–Crippen MR) is 116 cm³/mol. The van der Waals surface area contributed by atoms with Gasteiger partial charge in [0.2, 0.25) is 11.8 Å². The minimum atomic E-state index is -0.365. The number of hydrogen-bond donors (Lipinski definition) is 2. The minimum Gasteiger partial charge on any atom is -0.360 e. The van der Waals surface area contributed by atoms with Crippen LogP contribution in [0.5, 0.6) is 0 Å². The second-order valence-corrected chi connectivity index (χ2v) is 9.08. The lowest BCUT2D eigenvalue weighted by Gasteiger charge is -2.38. The van der Waals surface area contributed by atoms with Crippen molar-refractivity contribution >= 4 is 29.4 Å². The first-order valence-electron chi connectivity index (χ1n) is 10.2. The van der Waals surface area contributed by atoms with E-state index in [1.54, 1.807) is 19.9 Å². The van der Waals surface area contributed by atoms with Gasteiger partial charge in [0.15, 0.2) is 5.82 Å². The van der Waals surface area contributed by atoms with Crippen molar-refractivity contribution in [2.75, 3.05) is 17.6 Å². The van der Waals surface area contributed by atoms with Gasteiger partial charge in [-0.25, -0.2) is 0 Å². The van der Waals surface area contributed by atoms with Gasteiger partial charge in [-0.05, 0) is 32.3 Å². The van der Waals surface area contributed by atoms with E-state index >= 15 is 0 Å². The molecule has 0 aliphatic heterocycles. The quantitative estimate of drug-likeness (QED) is 0.679. The van der Waals surface area contributed by atoms with Crippen LogP contribution in [0.1, 0.15) is 50.4 Å². The summed E-state index contributed by atoms with van der Waals surface area (Å²) in [6.07, 6.45) is 5.84. The average molecular weight is 416 g/mol. The van der Waals surface area contributed by atoms with Crippen molar-refractivity contribution in [2.45, 2.75) is 56.6 Å². The second kappa shape index (κ2) is 9.96. The van der Waals surface area contributed by atoms with Crippen molar-refractivity contribution in [3.8, 4) is 0 Å². The summed E-state index contributed by atoms with van der Waals surface area (Å²) in [5.41, 5.74) is 1.33. The number of aryl methyl sites for hydroxylation is 1. The van der Waals surface area contributed by atoms with Crippen molar-refractivity contribution < 1.29 is 14.1 Å². The molecule has 7 heteroatoms. The van der Waals surface area contributed by atoms with E-state index in [9.17, 15) is 9.59 Å². The van der Waals surface area contributed by atoms with Gasteiger partial charge in [0, 0.05) is 18.0 Å². The zero-order valence-electron chi connectivity index (χ0n) is 17.1. The lowest BCUT2D eigenvalue weighted by Crippen LogP contribution is -2.43. The first-order valence-corrected chi connectivity index (χ1v) is 11.2. The van der Waals surface area contributed by atoms with Crippen molar-refractivity contribution in [2.24, 2.45) is 0 Å². The minimum absolute atomic E-state index is 0.0215. The molecule has 2 amide bonds. The van der Waals surface area contributed by atoms with E-state index < -0.39 is 0 Å². The highest BCUT2D eigenvalue weighted by Gasteiger charge is 2.34. The highest BCUT2D eigenvalue weighted by atomic mass is 32.2. The fraction of sp³-hybridized carbons (Fsp3) is 0.500. The molecule has 156 valence electrons. The third kappa shape index (κ3) is 5.85. The number of thioether (sulfide) groups is 1. The van der Waals surface area contributed by atoms with E-state index in [0.29, 0.717) is 18.1 Å². The van der Waals surface area contributed by atoms with Gasteiger partial charge >= 0.3 is 0 Å². The number of nitrogens with zero attached hydrogens (tertiary/aromatic N) is 1. The fourth-order valence-electron chi connectivity index (χ4n) is 3.84. The monoisotopic (exact) mass is 415 g/mol. The molecule has 1 heterocycles. The summed E-state index contributed by atoms with van der Waals surface area (Å²) >= 11 is 1.32. The second-order valence-electron chi connectivity index (χ2n) is 7.75. The molecule has 1 fully saturated rings. The molecule has 1 saturated carbocycles. The number of rotatable bonds is 8. The molecule has 2 aromatic rings. The van der Waals surface area contributed by atoms with Gasteiger partial charge in [-0.1, -0.05) is 54.8 Å². The molecule has 1 aromatic heterocycles.